The van der Waals surface area contributed by atoms with E-state index in [0.29, 0.717) is 35.6 Å². The molecule has 1 atom stereocenters. The lowest BCUT2D eigenvalue weighted by molar-refractivity contribution is 0.228. The first kappa shape index (κ1) is 19.6. The molecule has 0 fully saturated rings. The van der Waals surface area contributed by atoms with E-state index in [0.717, 1.165) is 36.7 Å². The zero-order chi connectivity index (χ0) is 21.7. The number of aryl methyl sites for hydroxylation is 1. The fraction of sp³-hybridized carbons (Fsp3) is 0.500. The average Bonchev–Trinajstić information content (AvgIpc) is 3.48. The Morgan fingerprint density at radius 2 is 2.13 bits per heavy atom. The van der Waals surface area contributed by atoms with Gasteiger partial charge in [0.1, 0.15) is 17.7 Å². The van der Waals surface area contributed by atoms with Gasteiger partial charge in [-0.3, -0.25) is 4.90 Å². The van der Waals surface area contributed by atoms with Gasteiger partial charge in [-0.05, 0) is 20.8 Å². The maximum atomic E-state index is 6.13. The van der Waals surface area contributed by atoms with Crippen molar-refractivity contribution in [2.24, 2.45) is 0 Å². The zero-order valence-electron chi connectivity index (χ0n) is 18.1. The van der Waals surface area contributed by atoms with Crippen molar-refractivity contribution in [1.82, 2.24) is 44.5 Å². The summed E-state index contributed by atoms with van der Waals surface area (Å²) in [6.45, 7) is 11.0. The van der Waals surface area contributed by atoms with E-state index < -0.39 is 0 Å². The SMILES string of the molecule is Cc1c(-c2ncco2)nc(N)n2nc(CCN3Cc4nnn(C(C)C)c4[C@@H](C)C3)nc12. The molecule has 5 heterocycles. The summed E-state index contributed by atoms with van der Waals surface area (Å²) >= 11 is 0. The summed E-state index contributed by atoms with van der Waals surface area (Å²) < 4.78 is 9.02. The van der Waals surface area contributed by atoms with E-state index in [1.165, 1.54) is 12.0 Å². The quantitative estimate of drug-likeness (QED) is 0.513. The van der Waals surface area contributed by atoms with Crippen LogP contribution in [-0.4, -0.2) is 57.5 Å². The second kappa shape index (κ2) is 7.41. The highest BCUT2D eigenvalue weighted by atomic mass is 16.3. The van der Waals surface area contributed by atoms with Gasteiger partial charge in [0.25, 0.3) is 0 Å². The van der Waals surface area contributed by atoms with Crippen molar-refractivity contribution in [2.75, 3.05) is 18.8 Å². The normalized spacial score (nSPS) is 17.0. The van der Waals surface area contributed by atoms with Crippen molar-refractivity contribution in [2.45, 2.75) is 52.6 Å². The van der Waals surface area contributed by atoms with Gasteiger partial charge in [-0.2, -0.15) is 4.52 Å². The Morgan fingerprint density at radius 1 is 1.29 bits per heavy atom. The summed E-state index contributed by atoms with van der Waals surface area (Å²) in [6, 6.07) is 0.316. The van der Waals surface area contributed by atoms with Crippen LogP contribution in [0.1, 0.15) is 55.5 Å². The number of anilines is 1. The maximum absolute atomic E-state index is 6.13. The van der Waals surface area contributed by atoms with Crippen LogP contribution in [0.25, 0.3) is 17.2 Å². The van der Waals surface area contributed by atoms with E-state index in [4.69, 9.17) is 15.1 Å². The number of nitrogen functional groups attached to an aromatic ring is 1. The second-order valence-corrected chi connectivity index (χ2v) is 8.39. The molecule has 0 spiro atoms. The molecular weight excluding hydrogens is 396 g/mol. The Balaban J connectivity index is 1.36. The van der Waals surface area contributed by atoms with E-state index in [9.17, 15) is 0 Å². The van der Waals surface area contributed by atoms with Crippen LogP contribution in [0.3, 0.4) is 0 Å². The molecule has 0 saturated heterocycles. The van der Waals surface area contributed by atoms with Crippen LogP contribution in [0.5, 0.6) is 0 Å². The molecule has 0 amide bonds. The summed E-state index contributed by atoms with van der Waals surface area (Å²) in [5, 5.41) is 13.4. The van der Waals surface area contributed by atoms with E-state index >= 15 is 0 Å². The minimum atomic E-state index is 0.258. The molecule has 0 radical (unpaired) electrons. The van der Waals surface area contributed by atoms with Gasteiger partial charge < -0.3 is 10.2 Å². The fourth-order valence-corrected chi connectivity index (χ4v) is 4.28. The summed E-state index contributed by atoms with van der Waals surface area (Å²) in [6.07, 6.45) is 3.79. The minimum absolute atomic E-state index is 0.258. The molecule has 1 aliphatic heterocycles. The molecule has 0 aliphatic carbocycles. The van der Waals surface area contributed by atoms with Gasteiger partial charge in [0, 0.05) is 43.6 Å². The van der Waals surface area contributed by atoms with Crippen molar-refractivity contribution in [3.8, 4) is 11.6 Å². The topological polar surface area (TPSA) is 129 Å². The summed E-state index contributed by atoms with van der Waals surface area (Å²) in [7, 11) is 0. The molecule has 4 aromatic heterocycles. The average molecular weight is 422 g/mol. The molecule has 0 aromatic carbocycles. The van der Waals surface area contributed by atoms with Crippen LogP contribution < -0.4 is 5.73 Å². The number of hydrogen-bond acceptors (Lipinski definition) is 9. The van der Waals surface area contributed by atoms with Crippen LogP contribution in [0.15, 0.2) is 16.9 Å². The van der Waals surface area contributed by atoms with E-state index in [-0.39, 0.29) is 5.95 Å². The van der Waals surface area contributed by atoms with Gasteiger partial charge in [0.15, 0.2) is 11.5 Å². The van der Waals surface area contributed by atoms with Crippen LogP contribution in [0.4, 0.5) is 5.95 Å². The van der Waals surface area contributed by atoms with Crippen LogP contribution in [0.2, 0.25) is 0 Å². The monoisotopic (exact) mass is 422 g/mol. The van der Waals surface area contributed by atoms with Gasteiger partial charge in [-0.1, -0.05) is 12.1 Å². The molecule has 0 bridgehead atoms. The molecule has 11 nitrogen and oxygen atoms in total. The van der Waals surface area contributed by atoms with Crippen molar-refractivity contribution >= 4 is 11.6 Å². The molecule has 4 aromatic rings. The number of nitrogens with zero attached hydrogens (tertiary/aromatic N) is 9. The Bertz CT molecular complexity index is 1220. The number of aromatic nitrogens is 8. The third-order valence-electron chi connectivity index (χ3n) is 5.74. The molecule has 2 N–H and O–H groups in total. The summed E-state index contributed by atoms with van der Waals surface area (Å²) in [5.41, 5.74) is 10.5. The Hall–Kier alpha value is -3.34. The van der Waals surface area contributed by atoms with Crippen LogP contribution in [-0.2, 0) is 13.0 Å². The van der Waals surface area contributed by atoms with Crippen molar-refractivity contribution in [3.63, 3.8) is 0 Å². The first-order valence-electron chi connectivity index (χ1n) is 10.5. The molecular formula is C20H26N10O. The van der Waals surface area contributed by atoms with E-state index in [2.05, 4.69) is 51.0 Å². The molecule has 0 unspecified atom stereocenters. The highest BCUT2D eigenvalue weighted by Gasteiger charge is 2.28. The van der Waals surface area contributed by atoms with Gasteiger partial charge in [0.05, 0.1) is 11.9 Å². The lowest BCUT2D eigenvalue weighted by Crippen LogP contribution is -2.35. The Morgan fingerprint density at radius 3 is 2.87 bits per heavy atom. The van der Waals surface area contributed by atoms with Crippen LogP contribution >= 0.6 is 0 Å². The third-order valence-corrected chi connectivity index (χ3v) is 5.74. The standard InChI is InChI=1S/C20H26N10O/c1-11(2)29-17-12(3)9-28(10-14(17)25-27-29)7-5-15-23-18-13(4)16(19-22-6-8-31-19)24-20(21)30(18)26-15/h6,8,11-12H,5,7,9-10H2,1-4H3,(H2,21,24)/t12-/m0/s1. The smallest absolute Gasteiger partial charge is 0.245 e. The van der Waals surface area contributed by atoms with Gasteiger partial charge in [-0.25, -0.2) is 19.6 Å². The number of hydrogen-bond donors (Lipinski definition) is 1. The fourth-order valence-electron chi connectivity index (χ4n) is 4.28. The Kier molecular flexibility index (Phi) is 4.69. The third kappa shape index (κ3) is 3.34. The maximum Gasteiger partial charge on any atom is 0.245 e. The lowest BCUT2D eigenvalue weighted by atomic mass is 9.99. The predicted octanol–water partition coefficient (Wildman–Crippen LogP) is 2.00. The van der Waals surface area contributed by atoms with E-state index in [1.807, 2.05) is 11.6 Å². The summed E-state index contributed by atoms with van der Waals surface area (Å²) in [4.78, 5) is 15.7. The van der Waals surface area contributed by atoms with Crippen LogP contribution in [0, 0.1) is 6.92 Å². The van der Waals surface area contributed by atoms with Gasteiger partial charge in [-0.15, -0.1) is 10.2 Å². The molecule has 1 aliphatic rings. The van der Waals surface area contributed by atoms with Crippen molar-refractivity contribution in [1.29, 1.82) is 0 Å². The molecule has 31 heavy (non-hydrogen) atoms. The van der Waals surface area contributed by atoms with Crippen molar-refractivity contribution < 1.29 is 4.42 Å². The molecule has 162 valence electrons. The minimum Gasteiger partial charge on any atom is -0.443 e. The van der Waals surface area contributed by atoms with E-state index in [1.54, 1.807) is 10.7 Å². The van der Waals surface area contributed by atoms with Gasteiger partial charge in [0.2, 0.25) is 11.8 Å². The highest BCUT2D eigenvalue weighted by Crippen LogP contribution is 2.28. The number of nitrogens with two attached hydrogens (primary N) is 1. The lowest BCUT2D eigenvalue weighted by Gasteiger charge is -2.30. The number of oxazole rings is 1. The number of fused-ring (bicyclic) bond motifs is 2. The molecule has 11 heteroatoms. The summed E-state index contributed by atoms with van der Waals surface area (Å²) in [5.74, 6) is 1.78. The first-order chi connectivity index (χ1) is 14.9. The molecule has 0 saturated carbocycles. The zero-order valence-corrected chi connectivity index (χ0v) is 18.1. The highest BCUT2D eigenvalue weighted by molar-refractivity contribution is 5.65. The van der Waals surface area contributed by atoms with Crippen molar-refractivity contribution in [3.05, 3.63) is 35.2 Å². The first-order valence-corrected chi connectivity index (χ1v) is 10.5. The predicted molar refractivity (Wildman–Crippen MR) is 113 cm³/mol. The molecule has 5 rings (SSSR count). The Labute approximate surface area is 179 Å². The number of rotatable bonds is 5. The van der Waals surface area contributed by atoms with Gasteiger partial charge >= 0.3 is 0 Å². The largest absolute Gasteiger partial charge is 0.443 e. The second-order valence-electron chi connectivity index (χ2n) is 8.39.